The lowest BCUT2D eigenvalue weighted by molar-refractivity contribution is 0.0556. The van der Waals surface area contributed by atoms with Crippen LogP contribution in [0.15, 0.2) is 47.4 Å². The van der Waals surface area contributed by atoms with Crippen LogP contribution in [0.3, 0.4) is 0 Å². The molecule has 39 heavy (non-hydrogen) atoms. The Bertz CT molecular complexity index is 1350. The van der Waals surface area contributed by atoms with Gasteiger partial charge in [0.25, 0.3) is 11.8 Å². The van der Waals surface area contributed by atoms with Crippen LogP contribution in [-0.2, 0) is 21.3 Å². The van der Waals surface area contributed by atoms with Crippen molar-refractivity contribution in [3.8, 4) is 0 Å². The normalized spacial score (nSPS) is 18.6. The van der Waals surface area contributed by atoms with Gasteiger partial charge in [-0.05, 0) is 68.5 Å². The Morgan fingerprint density at radius 1 is 0.974 bits per heavy atom. The summed E-state index contributed by atoms with van der Waals surface area (Å²) in [6.45, 7) is 4.59. The number of rotatable bonds is 6. The molecule has 0 saturated carbocycles. The molecule has 2 aromatic rings. The SMILES string of the molecule is CCOC(=O)N1CCC(N2Cc3cccc(C(=O)Nc4ccc(S(=O)(=O)N5CCCCC5)cc4)c3C2=O)CC1. The number of benzene rings is 2. The molecule has 11 heteroatoms. The number of sulfonamides is 1. The molecule has 2 aromatic carbocycles. The fourth-order valence-corrected chi connectivity index (χ4v) is 7.12. The van der Waals surface area contributed by atoms with Crippen LogP contribution in [0.25, 0.3) is 0 Å². The summed E-state index contributed by atoms with van der Waals surface area (Å²) in [4.78, 5) is 42.4. The lowest BCUT2D eigenvalue weighted by atomic mass is 10.0. The van der Waals surface area contributed by atoms with Crippen molar-refractivity contribution in [1.29, 1.82) is 0 Å². The van der Waals surface area contributed by atoms with Gasteiger partial charge in [-0.2, -0.15) is 4.31 Å². The third kappa shape index (κ3) is 5.51. The summed E-state index contributed by atoms with van der Waals surface area (Å²) in [6, 6.07) is 11.4. The van der Waals surface area contributed by atoms with Gasteiger partial charge < -0.3 is 19.9 Å². The van der Waals surface area contributed by atoms with E-state index in [9.17, 15) is 22.8 Å². The van der Waals surface area contributed by atoms with Gasteiger partial charge in [0.1, 0.15) is 0 Å². The second-order valence-electron chi connectivity index (χ2n) is 10.1. The van der Waals surface area contributed by atoms with Gasteiger partial charge in [0.05, 0.1) is 22.6 Å². The number of hydrogen-bond acceptors (Lipinski definition) is 6. The number of hydrogen-bond donors (Lipinski definition) is 1. The molecule has 208 valence electrons. The third-order valence-corrected chi connectivity index (χ3v) is 9.62. The number of piperidine rings is 2. The first-order valence-electron chi connectivity index (χ1n) is 13.6. The van der Waals surface area contributed by atoms with E-state index < -0.39 is 15.9 Å². The van der Waals surface area contributed by atoms with Crippen molar-refractivity contribution in [3.05, 3.63) is 59.2 Å². The Balaban J connectivity index is 1.25. The molecule has 0 unspecified atom stereocenters. The smallest absolute Gasteiger partial charge is 0.409 e. The lowest BCUT2D eigenvalue weighted by Crippen LogP contribution is -2.47. The minimum absolute atomic E-state index is 0.0270. The number of nitrogens with zero attached hydrogens (tertiary/aromatic N) is 3. The Labute approximate surface area is 228 Å². The molecule has 1 N–H and O–H groups in total. The van der Waals surface area contributed by atoms with E-state index in [1.807, 2.05) is 6.07 Å². The van der Waals surface area contributed by atoms with Gasteiger partial charge in [0, 0.05) is 44.5 Å². The number of likely N-dealkylation sites (tertiary alicyclic amines) is 1. The lowest BCUT2D eigenvalue weighted by Gasteiger charge is -2.36. The predicted molar refractivity (Wildman–Crippen MR) is 145 cm³/mol. The average molecular weight is 555 g/mol. The standard InChI is InChI=1S/C28H34N4O6S/c1-2-38-28(35)30-17-13-22(14-18-30)32-19-20-7-6-8-24(25(20)27(32)34)26(33)29-21-9-11-23(12-10-21)39(36,37)31-15-4-3-5-16-31/h6-12,22H,2-5,13-19H2,1H3,(H,29,33). The highest BCUT2D eigenvalue weighted by Crippen LogP contribution is 2.31. The maximum atomic E-state index is 13.5. The van der Waals surface area contributed by atoms with Crippen LogP contribution in [0.2, 0.25) is 0 Å². The highest BCUT2D eigenvalue weighted by atomic mass is 32.2. The van der Waals surface area contributed by atoms with Crippen molar-refractivity contribution in [2.24, 2.45) is 0 Å². The molecule has 5 rings (SSSR count). The maximum absolute atomic E-state index is 13.5. The zero-order valence-electron chi connectivity index (χ0n) is 22.1. The number of nitrogens with one attached hydrogen (secondary N) is 1. The van der Waals surface area contributed by atoms with Gasteiger partial charge in [-0.25, -0.2) is 13.2 Å². The molecule has 3 aliphatic heterocycles. The highest BCUT2D eigenvalue weighted by molar-refractivity contribution is 7.89. The summed E-state index contributed by atoms with van der Waals surface area (Å²) in [7, 11) is -3.56. The van der Waals surface area contributed by atoms with Gasteiger partial charge >= 0.3 is 6.09 Å². The molecule has 3 heterocycles. The van der Waals surface area contributed by atoms with E-state index in [-0.39, 0.29) is 28.5 Å². The van der Waals surface area contributed by atoms with Crippen LogP contribution in [0.4, 0.5) is 10.5 Å². The van der Waals surface area contributed by atoms with Crippen molar-refractivity contribution in [1.82, 2.24) is 14.1 Å². The Hall–Kier alpha value is -3.44. The van der Waals surface area contributed by atoms with E-state index in [1.54, 1.807) is 41.0 Å². The van der Waals surface area contributed by atoms with Gasteiger partial charge in [-0.3, -0.25) is 9.59 Å². The van der Waals surface area contributed by atoms with Crippen LogP contribution >= 0.6 is 0 Å². The largest absolute Gasteiger partial charge is 0.450 e. The summed E-state index contributed by atoms with van der Waals surface area (Å²) in [5, 5.41) is 2.82. The molecule has 0 atom stereocenters. The number of amides is 3. The van der Waals surface area contributed by atoms with Gasteiger partial charge in [-0.15, -0.1) is 0 Å². The molecule has 10 nitrogen and oxygen atoms in total. The summed E-state index contributed by atoms with van der Waals surface area (Å²) >= 11 is 0. The molecule has 2 fully saturated rings. The fraction of sp³-hybridized carbons (Fsp3) is 0.464. The molecule has 3 amide bonds. The number of fused-ring (bicyclic) bond motifs is 1. The summed E-state index contributed by atoms with van der Waals surface area (Å²) < 4.78 is 32.4. The monoisotopic (exact) mass is 554 g/mol. The second kappa shape index (κ2) is 11.4. The van der Waals surface area contributed by atoms with Crippen molar-refractivity contribution in [3.63, 3.8) is 0 Å². The van der Waals surface area contributed by atoms with Gasteiger partial charge in [-0.1, -0.05) is 18.6 Å². The minimum Gasteiger partial charge on any atom is -0.450 e. The molecular weight excluding hydrogens is 520 g/mol. The van der Waals surface area contributed by atoms with Crippen molar-refractivity contribution >= 4 is 33.6 Å². The molecule has 3 aliphatic rings. The summed E-state index contributed by atoms with van der Waals surface area (Å²) in [6.07, 6.45) is 3.72. The Morgan fingerprint density at radius 2 is 1.67 bits per heavy atom. The zero-order valence-corrected chi connectivity index (χ0v) is 22.9. The molecule has 0 aromatic heterocycles. The minimum atomic E-state index is -3.56. The number of anilines is 1. The summed E-state index contributed by atoms with van der Waals surface area (Å²) in [5.74, 6) is -0.612. The molecule has 0 aliphatic carbocycles. The van der Waals surface area contributed by atoms with E-state index >= 15 is 0 Å². The van der Waals surface area contributed by atoms with Crippen LogP contribution in [0.1, 0.15) is 65.3 Å². The quantitative estimate of drug-likeness (QED) is 0.582. The molecule has 0 radical (unpaired) electrons. The van der Waals surface area contributed by atoms with Crippen molar-refractivity contribution in [2.45, 2.75) is 56.5 Å². The van der Waals surface area contributed by atoms with Crippen LogP contribution in [0.5, 0.6) is 0 Å². The average Bonchev–Trinajstić information content (AvgIpc) is 3.30. The molecule has 0 spiro atoms. The van der Waals surface area contributed by atoms with Crippen LogP contribution in [0, 0.1) is 0 Å². The first-order valence-corrected chi connectivity index (χ1v) is 15.0. The molecular formula is C28H34N4O6S. The van der Waals surface area contributed by atoms with Crippen LogP contribution in [-0.4, -0.2) is 79.3 Å². The van der Waals surface area contributed by atoms with E-state index in [1.165, 1.54) is 16.4 Å². The predicted octanol–water partition coefficient (Wildman–Crippen LogP) is 3.69. The van der Waals surface area contributed by atoms with E-state index in [4.69, 9.17) is 4.74 Å². The fourth-order valence-electron chi connectivity index (χ4n) is 5.61. The van der Waals surface area contributed by atoms with Crippen molar-refractivity contribution in [2.75, 3.05) is 38.1 Å². The Kier molecular flexibility index (Phi) is 7.90. The highest BCUT2D eigenvalue weighted by Gasteiger charge is 2.37. The summed E-state index contributed by atoms with van der Waals surface area (Å²) in [5.41, 5.74) is 1.92. The first-order chi connectivity index (χ1) is 18.8. The Morgan fingerprint density at radius 3 is 2.33 bits per heavy atom. The number of ether oxygens (including phenoxy) is 1. The van der Waals surface area contributed by atoms with Gasteiger partial charge in [0.15, 0.2) is 0 Å². The molecule has 0 bridgehead atoms. The van der Waals surface area contributed by atoms with Crippen LogP contribution < -0.4 is 5.32 Å². The van der Waals surface area contributed by atoms with E-state index in [2.05, 4.69) is 5.32 Å². The number of carbonyl (C=O) groups excluding carboxylic acids is 3. The maximum Gasteiger partial charge on any atom is 0.409 e. The third-order valence-electron chi connectivity index (χ3n) is 7.71. The topological polar surface area (TPSA) is 116 Å². The van der Waals surface area contributed by atoms with E-state index in [0.29, 0.717) is 63.4 Å². The second-order valence-corrected chi connectivity index (χ2v) is 12.1. The van der Waals surface area contributed by atoms with E-state index in [0.717, 1.165) is 24.8 Å². The molecule has 2 saturated heterocycles. The van der Waals surface area contributed by atoms with Crippen molar-refractivity contribution < 1.29 is 27.5 Å². The van der Waals surface area contributed by atoms with Gasteiger partial charge in [0.2, 0.25) is 10.0 Å². The zero-order chi connectivity index (χ0) is 27.6. The number of carbonyl (C=O) groups is 3. The first kappa shape index (κ1) is 27.1.